The largest absolute Gasteiger partial charge is 0.369 e. The lowest BCUT2D eigenvalue weighted by Crippen LogP contribution is -2.37. The summed E-state index contributed by atoms with van der Waals surface area (Å²) in [5.41, 5.74) is 5.05. The van der Waals surface area contributed by atoms with Gasteiger partial charge in [0.05, 0.1) is 5.41 Å². The molecule has 1 aromatic rings. The number of nitrogens with zero attached hydrogens (tertiary/aromatic N) is 4. The summed E-state index contributed by atoms with van der Waals surface area (Å²) >= 11 is 0. The number of primary amides is 1. The maximum absolute atomic E-state index is 11.5. The fourth-order valence-electron chi connectivity index (χ4n) is 2.94. The van der Waals surface area contributed by atoms with Crippen LogP contribution in [0.4, 0.5) is 11.8 Å². The van der Waals surface area contributed by atoms with E-state index in [-0.39, 0.29) is 5.91 Å². The summed E-state index contributed by atoms with van der Waals surface area (Å²) < 4.78 is 0. The van der Waals surface area contributed by atoms with E-state index in [0.29, 0.717) is 6.54 Å². The molecule has 1 atom stereocenters. The van der Waals surface area contributed by atoms with E-state index < -0.39 is 5.41 Å². The Morgan fingerprint density at radius 2 is 2.05 bits per heavy atom. The van der Waals surface area contributed by atoms with Crippen LogP contribution in [0, 0.1) is 5.41 Å². The van der Waals surface area contributed by atoms with Crippen molar-refractivity contribution in [1.82, 2.24) is 9.97 Å². The fourth-order valence-corrected chi connectivity index (χ4v) is 2.94. The third-order valence-corrected chi connectivity index (χ3v) is 4.41. The molecule has 0 saturated carbocycles. The van der Waals surface area contributed by atoms with E-state index in [9.17, 15) is 4.79 Å². The molecule has 3 heterocycles. The zero-order valence-corrected chi connectivity index (χ0v) is 11.9. The Morgan fingerprint density at radius 3 is 2.70 bits per heavy atom. The predicted molar refractivity (Wildman–Crippen MR) is 77.6 cm³/mol. The molecule has 1 aromatic heterocycles. The van der Waals surface area contributed by atoms with E-state index in [1.165, 1.54) is 12.8 Å². The van der Waals surface area contributed by atoms with Crippen LogP contribution in [0.3, 0.4) is 0 Å². The summed E-state index contributed by atoms with van der Waals surface area (Å²) in [6.45, 7) is 5.44. The van der Waals surface area contributed by atoms with Gasteiger partial charge in [0.1, 0.15) is 5.82 Å². The molecule has 2 aliphatic heterocycles. The fraction of sp³-hybridized carbons (Fsp3) is 0.643. The third-order valence-electron chi connectivity index (χ3n) is 4.41. The number of rotatable bonds is 3. The molecule has 0 aromatic carbocycles. The normalized spacial score (nSPS) is 26.2. The van der Waals surface area contributed by atoms with Gasteiger partial charge in [0, 0.05) is 32.4 Å². The van der Waals surface area contributed by atoms with E-state index in [0.717, 1.165) is 37.8 Å². The van der Waals surface area contributed by atoms with Crippen molar-refractivity contribution in [1.29, 1.82) is 0 Å². The monoisotopic (exact) mass is 275 g/mol. The molecule has 0 radical (unpaired) electrons. The molecule has 6 heteroatoms. The SMILES string of the molecule is CC1(C(N)=O)CCN(c2ccnc(N3CCCC3)n2)C1. The number of aromatic nitrogens is 2. The summed E-state index contributed by atoms with van der Waals surface area (Å²) in [6.07, 6.45) is 5.00. The van der Waals surface area contributed by atoms with Gasteiger partial charge < -0.3 is 15.5 Å². The summed E-state index contributed by atoms with van der Waals surface area (Å²) in [7, 11) is 0. The third kappa shape index (κ3) is 2.30. The van der Waals surface area contributed by atoms with E-state index in [1.54, 1.807) is 6.20 Å². The molecule has 2 N–H and O–H groups in total. The van der Waals surface area contributed by atoms with Crippen LogP contribution in [-0.2, 0) is 4.79 Å². The number of carbonyl (C=O) groups is 1. The number of nitrogens with two attached hydrogens (primary N) is 1. The minimum absolute atomic E-state index is 0.228. The van der Waals surface area contributed by atoms with Crippen molar-refractivity contribution in [2.24, 2.45) is 11.1 Å². The Hall–Kier alpha value is -1.85. The smallest absolute Gasteiger partial charge is 0.227 e. The van der Waals surface area contributed by atoms with Gasteiger partial charge in [-0.1, -0.05) is 0 Å². The van der Waals surface area contributed by atoms with Crippen LogP contribution in [0.2, 0.25) is 0 Å². The molecule has 2 fully saturated rings. The van der Waals surface area contributed by atoms with Crippen LogP contribution in [0.5, 0.6) is 0 Å². The van der Waals surface area contributed by atoms with E-state index in [1.807, 2.05) is 13.0 Å². The van der Waals surface area contributed by atoms with Crippen molar-refractivity contribution in [3.63, 3.8) is 0 Å². The summed E-state index contributed by atoms with van der Waals surface area (Å²) in [5.74, 6) is 1.47. The summed E-state index contributed by atoms with van der Waals surface area (Å²) in [5, 5.41) is 0. The van der Waals surface area contributed by atoms with Crippen molar-refractivity contribution < 1.29 is 4.79 Å². The maximum Gasteiger partial charge on any atom is 0.227 e. The first-order chi connectivity index (χ1) is 9.58. The Bertz CT molecular complexity index is 514. The predicted octanol–water partition coefficient (Wildman–Crippen LogP) is 0.778. The number of hydrogen-bond donors (Lipinski definition) is 1. The molecular formula is C14H21N5O. The highest BCUT2D eigenvalue weighted by Crippen LogP contribution is 2.32. The Morgan fingerprint density at radius 1 is 1.30 bits per heavy atom. The molecule has 20 heavy (non-hydrogen) atoms. The topological polar surface area (TPSA) is 75.4 Å². The van der Waals surface area contributed by atoms with Gasteiger partial charge in [-0.2, -0.15) is 4.98 Å². The van der Waals surface area contributed by atoms with Crippen LogP contribution in [0.1, 0.15) is 26.2 Å². The highest BCUT2D eigenvalue weighted by Gasteiger charge is 2.39. The van der Waals surface area contributed by atoms with Crippen LogP contribution in [-0.4, -0.2) is 42.1 Å². The van der Waals surface area contributed by atoms with Crippen LogP contribution < -0.4 is 15.5 Å². The maximum atomic E-state index is 11.5. The highest BCUT2D eigenvalue weighted by atomic mass is 16.1. The van der Waals surface area contributed by atoms with Crippen LogP contribution >= 0.6 is 0 Å². The zero-order chi connectivity index (χ0) is 14.2. The van der Waals surface area contributed by atoms with Crippen molar-refractivity contribution in [3.8, 4) is 0 Å². The lowest BCUT2D eigenvalue weighted by Gasteiger charge is -2.23. The second-order valence-corrected chi connectivity index (χ2v) is 6.01. The Kier molecular flexibility index (Phi) is 3.23. The van der Waals surface area contributed by atoms with Gasteiger partial charge >= 0.3 is 0 Å². The molecule has 2 aliphatic rings. The van der Waals surface area contributed by atoms with Gasteiger partial charge in [0.2, 0.25) is 11.9 Å². The molecule has 0 bridgehead atoms. The van der Waals surface area contributed by atoms with Crippen molar-refractivity contribution >= 4 is 17.7 Å². The molecule has 108 valence electrons. The lowest BCUT2D eigenvalue weighted by molar-refractivity contribution is -0.125. The van der Waals surface area contributed by atoms with Gasteiger partial charge in [0.25, 0.3) is 0 Å². The summed E-state index contributed by atoms with van der Waals surface area (Å²) in [6, 6.07) is 1.91. The second kappa shape index (κ2) is 4.92. The lowest BCUT2D eigenvalue weighted by atomic mass is 9.89. The highest BCUT2D eigenvalue weighted by molar-refractivity contribution is 5.82. The van der Waals surface area contributed by atoms with Crippen molar-refractivity contribution in [2.75, 3.05) is 36.0 Å². The quantitative estimate of drug-likeness (QED) is 0.882. The molecule has 3 rings (SSSR count). The average Bonchev–Trinajstić information content (AvgIpc) is 3.09. The molecular weight excluding hydrogens is 254 g/mol. The Labute approximate surface area is 119 Å². The standard InChI is InChI=1S/C14H21N5O/c1-14(12(15)20)5-9-19(10-14)11-4-6-16-13(17-11)18-7-2-3-8-18/h4,6H,2-3,5,7-10H2,1H3,(H2,15,20). The minimum atomic E-state index is -0.446. The minimum Gasteiger partial charge on any atom is -0.369 e. The van der Waals surface area contributed by atoms with Gasteiger partial charge in [-0.15, -0.1) is 0 Å². The summed E-state index contributed by atoms with van der Waals surface area (Å²) in [4.78, 5) is 24.9. The van der Waals surface area contributed by atoms with Gasteiger partial charge in [-0.3, -0.25) is 4.79 Å². The molecule has 2 saturated heterocycles. The van der Waals surface area contributed by atoms with E-state index in [4.69, 9.17) is 5.73 Å². The van der Waals surface area contributed by atoms with Crippen molar-refractivity contribution in [3.05, 3.63) is 12.3 Å². The first-order valence-corrected chi connectivity index (χ1v) is 7.21. The van der Waals surface area contributed by atoms with Gasteiger partial charge in [-0.25, -0.2) is 4.98 Å². The van der Waals surface area contributed by atoms with Crippen LogP contribution in [0.15, 0.2) is 12.3 Å². The number of carbonyl (C=O) groups excluding carboxylic acids is 1. The van der Waals surface area contributed by atoms with Gasteiger partial charge in [-0.05, 0) is 32.3 Å². The molecule has 1 amide bonds. The first kappa shape index (κ1) is 13.1. The van der Waals surface area contributed by atoms with Crippen LogP contribution in [0.25, 0.3) is 0 Å². The molecule has 0 aliphatic carbocycles. The van der Waals surface area contributed by atoms with Crippen molar-refractivity contribution in [2.45, 2.75) is 26.2 Å². The van der Waals surface area contributed by atoms with E-state index in [2.05, 4.69) is 19.8 Å². The second-order valence-electron chi connectivity index (χ2n) is 6.01. The molecule has 6 nitrogen and oxygen atoms in total. The molecule has 0 spiro atoms. The number of anilines is 2. The zero-order valence-electron chi connectivity index (χ0n) is 11.9. The number of hydrogen-bond acceptors (Lipinski definition) is 5. The Balaban J connectivity index is 1.78. The number of amides is 1. The molecule has 1 unspecified atom stereocenters. The van der Waals surface area contributed by atoms with E-state index >= 15 is 0 Å². The van der Waals surface area contributed by atoms with Gasteiger partial charge in [0.15, 0.2) is 0 Å². The average molecular weight is 275 g/mol. The first-order valence-electron chi connectivity index (χ1n) is 7.21.